The van der Waals surface area contributed by atoms with Crippen LogP contribution in [0.5, 0.6) is 0 Å². The van der Waals surface area contributed by atoms with E-state index >= 15 is 0 Å². The maximum absolute atomic E-state index is 12.1. The summed E-state index contributed by atoms with van der Waals surface area (Å²) in [6, 6.07) is 5.33. The summed E-state index contributed by atoms with van der Waals surface area (Å²) in [4.78, 5) is 12.1. The fourth-order valence-electron chi connectivity index (χ4n) is 1.61. The van der Waals surface area contributed by atoms with Crippen LogP contribution >= 0.6 is 15.9 Å². The van der Waals surface area contributed by atoms with Crippen LogP contribution in [0.25, 0.3) is 0 Å². The summed E-state index contributed by atoms with van der Waals surface area (Å²) in [6.07, 6.45) is 1.76. The van der Waals surface area contributed by atoms with Gasteiger partial charge in [-0.2, -0.15) is 0 Å². The quantitative estimate of drug-likeness (QED) is 0.670. The van der Waals surface area contributed by atoms with Crippen LogP contribution in [0.2, 0.25) is 0 Å². The number of anilines is 1. The number of rotatable bonds is 4. The molecule has 2 N–H and O–H groups in total. The zero-order valence-electron chi connectivity index (χ0n) is 9.09. The number of hydrogen-bond acceptors (Lipinski definition) is 2. The van der Waals surface area contributed by atoms with Gasteiger partial charge in [-0.15, -0.1) is 0 Å². The summed E-state index contributed by atoms with van der Waals surface area (Å²) < 4.78 is 0.791. The Morgan fingerprint density at radius 2 is 2.00 bits per heavy atom. The molecule has 0 aliphatic heterocycles. The van der Waals surface area contributed by atoms with Crippen molar-refractivity contribution in [1.82, 2.24) is 0 Å². The van der Waals surface area contributed by atoms with Gasteiger partial charge >= 0.3 is 0 Å². The number of halogens is 1. The lowest BCUT2D eigenvalue weighted by Gasteiger charge is -2.12. The van der Waals surface area contributed by atoms with Gasteiger partial charge in [0.25, 0.3) is 0 Å². The molecule has 0 fully saturated rings. The first kappa shape index (κ1) is 12.2. The second kappa shape index (κ2) is 5.31. The lowest BCUT2D eigenvalue weighted by molar-refractivity contribution is 0.0912. The topological polar surface area (TPSA) is 43.1 Å². The number of carbonyl (C=O) groups excluding carboxylic acids is 1. The number of Topliss-reactive ketones (excluding diaryl/α,β-unsaturated/α-hetero) is 1. The van der Waals surface area contributed by atoms with E-state index in [0.717, 1.165) is 22.9 Å². The first-order valence-corrected chi connectivity index (χ1v) is 5.98. The molecular formula is C12H16BrNO. The third-order valence-corrected chi connectivity index (χ3v) is 3.27. The molecule has 0 amide bonds. The molecule has 1 aromatic rings. The Bertz CT molecular complexity index is 359. The van der Waals surface area contributed by atoms with E-state index in [4.69, 9.17) is 5.73 Å². The van der Waals surface area contributed by atoms with Gasteiger partial charge < -0.3 is 5.73 Å². The molecule has 1 rings (SSSR count). The third-order valence-electron chi connectivity index (χ3n) is 2.61. The van der Waals surface area contributed by atoms with Crippen LogP contribution in [0.3, 0.4) is 0 Å². The Hall–Kier alpha value is -0.830. The van der Waals surface area contributed by atoms with Gasteiger partial charge in [0.15, 0.2) is 5.78 Å². The van der Waals surface area contributed by atoms with Crippen LogP contribution < -0.4 is 5.73 Å². The van der Waals surface area contributed by atoms with Crippen molar-refractivity contribution < 1.29 is 4.79 Å². The molecule has 3 heteroatoms. The fourth-order valence-corrected chi connectivity index (χ4v) is 2.20. The van der Waals surface area contributed by atoms with Crippen molar-refractivity contribution in [3.05, 3.63) is 28.2 Å². The Morgan fingerprint density at radius 1 is 1.40 bits per heavy atom. The van der Waals surface area contributed by atoms with Crippen LogP contribution in [-0.4, -0.2) is 5.78 Å². The molecule has 0 spiro atoms. The molecule has 0 aliphatic rings. The van der Waals surface area contributed by atoms with Gasteiger partial charge in [-0.05, 0) is 47.0 Å². The number of ketones is 1. The van der Waals surface area contributed by atoms with E-state index in [1.165, 1.54) is 0 Å². The van der Waals surface area contributed by atoms with Crippen LogP contribution in [0, 0.1) is 5.92 Å². The average Bonchev–Trinajstić information content (AvgIpc) is 2.19. The molecule has 0 unspecified atom stereocenters. The molecule has 82 valence electrons. The summed E-state index contributed by atoms with van der Waals surface area (Å²) in [6.45, 7) is 4.08. The third kappa shape index (κ3) is 2.81. The molecule has 0 atom stereocenters. The Labute approximate surface area is 99.0 Å². The van der Waals surface area contributed by atoms with E-state index in [2.05, 4.69) is 15.9 Å². The summed E-state index contributed by atoms with van der Waals surface area (Å²) in [5, 5.41) is 0. The van der Waals surface area contributed by atoms with Crippen molar-refractivity contribution >= 4 is 27.4 Å². The molecule has 1 aromatic carbocycles. The summed E-state index contributed by atoms with van der Waals surface area (Å²) >= 11 is 3.37. The van der Waals surface area contributed by atoms with Crippen molar-refractivity contribution in [3.63, 3.8) is 0 Å². The van der Waals surface area contributed by atoms with E-state index in [9.17, 15) is 4.79 Å². The first-order valence-electron chi connectivity index (χ1n) is 5.19. The normalized spacial score (nSPS) is 10.7. The van der Waals surface area contributed by atoms with E-state index in [-0.39, 0.29) is 11.7 Å². The summed E-state index contributed by atoms with van der Waals surface area (Å²) in [5.74, 6) is 0.316. The van der Waals surface area contributed by atoms with Gasteiger partial charge in [0, 0.05) is 21.6 Å². The van der Waals surface area contributed by atoms with Crippen molar-refractivity contribution in [2.24, 2.45) is 5.92 Å². The lowest BCUT2D eigenvalue weighted by atomic mass is 9.93. The second-order valence-electron chi connectivity index (χ2n) is 3.62. The van der Waals surface area contributed by atoms with E-state index in [1.54, 1.807) is 18.2 Å². The molecule has 0 bridgehead atoms. The van der Waals surface area contributed by atoms with E-state index < -0.39 is 0 Å². The number of carbonyl (C=O) groups is 1. The van der Waals surface area contributed by atoms with Gasteiger partial charge in [-0.3, -0.25) is 4.79 Å². The zero-order chi connectivity index (χ0) is 11.4. The van der Waals surface area contributed by atoms with Gasteiger partial charge in [0.1, 0.15) is 0 Å². The van der Waals surface area contributed by atoms with Gasteiger partial charge in [0.05, 0.1) is 0 Å². The highest BCUT2D eigenvalue weighted by Gasteiger charge is 2.18. The van der Waals surface area contributed by atoms with Crippen molar-refractivity contribution in [2.45, 2.75) is 26.7 Å². The highest BCUT2D eigenvalue weighted by Crippen LogP contribution is 2.24. The predicted octanol–water partition coefficient (Wildman–Crippen LogP) is 3.65. The molecule has 0 aliphatic carbocycles. The van der Waals surface area contributed by atoms with Crippen LogP contribution in [0.1, 0.15) is 37.0 Å². The predicted molar refractivity (Wildman–Crippen MR) is 67.0 cm³/mol. The number of nitrogens with two attached hydrogens (primary N) is 1. The summed E-state index contributed by atoms with van der Waals surface area (Å²) in [7, 11) is 0. The van der Waals surface area contributed by atoms with Gasteiger partial charge in [0.2, 0.25) is 0 Å². The minimum Gasteiger partial charge on any atom is -0.399 e. The minimum absolute atomic E-state index is 0.116. The van der Waals surface area contributed by atoms with Crippen LogP contribution in [-0.2, 0) is 0 Å². The Balaban J connectivity index is 3.00. The zero-order valence-corrected chi connectivity index (χ0v) is 10.7. The van der Waals surface area contributed by atoms with Crippen molar-refractivity contribution in [1.29, 1.82) is 0 Å². The maximum atomic E-state index is 12.1. The molecule has 0 radical (unpaired) electrons. The van der Waals surface area contributed by atoms with Gasteiger partial charge in [-0.1, -0.05) is 13.8 Å². The Morgan fingerprint density at radius 3 is 2.47 bits per heavy atom. The van der Waals surface area contributed by atoms with Crippen molar-refractivity contribution in [2.75, 3.05) is 5.73 Å². The molecule has 0 saturated heterocycles. The van der Waals surface area contributed by atoms with Crippen molar-refractivity contribution in [3.8, 4) is 0 Å². The smallest absolute Gasteiger partial charge is 0.167 e. The molecule has 15 heavy (non-hydrogen) atoms. The van der Waals surface area contributed by atoms with Gasteiger partial charge in [-0.25, -0.2) is 0 Å². The largest absolute Gasteiger partial charge is 0.399 e. The highest BCUT2D eigenvalue weighted by atomic mass is 79.9. The second-order valence-corrected chi connectivity index (χ2v) is 4.47. The minimum atomic E-state index is 0.116. The van der Waals surface area contributed by atoms with Crippen LogP contribution in [0.15, 0.2) is 22.7 Å². The first-order chi connectivity index (χ1) is 7.10. The number of nitrogen functional groups attached to an aromatic ring is 1. The van der Waals surface area contributed by atoms with E-state index in [1.807, 2.05) is 13.8 Å². The number of hydrogen-bond donors (Lipinski definition) is 1. The molecule has 0 saturated carbocycles. The molecule has 2 nitrogen and oxygen atoms in total. The maximum Gasteiger partial charge on any atom is 0.167 e. The van der Waals surface area contributed by atoms with E-state index in [0.29, 0.717) is 5.69 Å². The average molecular weight is 270 g/mol. The lowest BCUT2D eigenvalue weighted by Crippen LogP contribution is -2.13. The molecule has 0 heterocycles. The summed E-state index contributed by atoms with van der Waals surface area (Å²) in [5.41, 5.74) is 7.03. The van der Waals surface area contributed by atoms with Crippen LogP contribution in [0.4, 0.5) is 5.69 Å². The number of benzene rings is 1. The standard InChI is InChI=1S/C12H16BrNO/c1-3-8(4-2)12(15)10-6-5-9(14)7-11(10)13/h5-8H,3-4,14H2,1-2H3. The Kier molecular flexibility index (Phi) is 4.33. The molecule has 0 aromatic heterocycles. The highest BCUT2D eigenvalue weighted by molar-refractivity contribution is 9.10. The monoisotopic (exact) mass is 269 g/mol. The SMILES string of the molecule is CCC(CC)C(=O)c1ccc(N)cc1Br. The fraction of sp³-hybridized carbons (Fsp3) is 0.417. The molecular weight excluding hydrogens is 254 g/mol.